The molecular weight excluding hydrogens is 324 g/mol. The number of carbonyl (C=O) groups excluding carboxylic acids is 1. The Balaban J connectivity index is 1.47. The van der Waals surface area contributed by atoms with Crippen LogP contribution in [0.5, 0.6) is 0 Å². The molecule has 5 heteroatoms. The van der Waals surface area contributed by atoms with Crippen molar-refractivity contribution in [3.05, 3.63) is 30.1 Å². The predicted molar refractivity (Wildman–Crippen MR) is 105 cm³/mol. The highest BCUT2D eigenvalue weighted by atomic mass is 16.2. The molecule has 0 aliphatic carbocycles. The van der Waals surface area contributed by atoms with Crippen LogP contribution in [0.1, 0.15) is 45.1 Å². The van der Waals surface area contributed by atoms with Crippen LogP contribution in [0.3, 0.4) is 0 Å². The molecule has 3 rings (SSSR count). The highest BCUT2D eigenvalue weighted by Crippen LogP contribution is 2.31. The van der Waals surface area contributed by atoms with Gasteiger partial charge < -0.3 is 10.2 Å². The first-order valence-electron chi connectivity index (χ1n) is 10.3. The van der Waals surface area contributed by atoms with Crippen molar-refractivity contribution in [1.29, 1.82) is 0 Å². The van der Waals surface area contributed by atoms with Crippen molar-refractivity contribution in [2.75, 3.05) is 32.7 Å². The molecule has 2 saturated heterocycles. The third-order valence-corrected chi connectivity index (χ3v) is 6.03. The number of amides is 1. The molecule has 3 atom stereocenters. The van der Waals surface area contributed by atoms with Crippen LogP contribution in [0.4, 0.5) is 0 Å². The number of carbonyl (C=O) groups is 1. The van der Waals surface area contributed by atoms with Gasteiger partial charge in [-0.15, -0.1) is 0 Å². The molecule has 0 aromatic carbocycles. The third-order valence-electron chi connectivity index (χ3n) is 6.03. The Hall–Kier alpha value is -1.46. The summed E-state index contributed by atoms with van der Waals surface area (Å²) in [5.41, 5.74) is 1.31. The Morgan fingerprint density at radius 1 is 1.35 bits per heavy atom. The summed E-state index contributed by atoms with van der Waals surface area (Å²) >= 11 is 0. The van der Waals surface area contributed by atoms with Crippen LogP contribution in [-0.4, -0.2) is 59.5 Å². The second kappa shape index (κ2) is 9.47. The minimum Gasteiger partial charge on any atom is -0.343 e. The second-order valence-corrected chi connectivity index (χ2v) is 7.89. The van der Waals surface area contributed by atoms with E-state index in [2.05, 4.69) is 35.1 Å². The quantitative estimate of drug-likeness (QED) is 0.776. The molecule has 1 amide bonds. The van der Waals surface area contributed by atoms with Gasteiger partial charge in [-0.3, -0.25) is 14.7 Å². The van der Waals surface area contributed by atoms with Crippen LogP contribution in [0.25, 0.3) is 0 Å². The summed E-state index contributed by atoms with van der Waals surface area (Å²) in [5.74, 6) is 1.78. The topological polar surface area (TPSA) is 48.5 Å². The molecule has 26 heavy (non-hydrogen) atoms. The molecule has 1 N–H and O–H groups in total. The Labute approximate surface area is 158 Å². The number of hydrogen-bond donors (Lipinski definition) is 1. The summed E-state index contributed by atoms with van der Waals surface area (Å²) in [6, 6.07) is 4.76. The lowest BCUT2D eigenvalue weighted by Gasteiger charge is -2.46. The van der Waals surface area contributed by atoms with Gasteiger partial charge in [0.25, 0.3) is 0 Å². The van der Waals surface area contributed by atoms with Gasteiger partial charge in [-0.25, -0.2) is 0 Å². The fraction of sp³-hybridized carbons (Fsp3) is 0.714. The second-order valence-electron chi connectivity index (χ2n) is 7.89. The third kappa shape index (κ3) is 5.04. The number of likely N-dealkylation sites (tertiary alicyclic amines) is 1. The molecule has 144 valence electrons. The van der Waals surface area contributed by atoms with Gasteiger partial charge in [0.1, 0.15) is 0 Å². The van der Waals surface area contributed by atoms with Crippen molar-refractivity contribution in [3.63, 3.8) is 0 Å². The first kappa shape index (κ1) is 19.3. The van der Waals surface area contributed by atoms with Crippen molar-refractivity contribution in [2.24, 2.45) is 11.8 Å². The fourth-order valence-electron chi connectivity index (χ4n) is 4.70. The Morgan fingerprint density at radius 2 is 2.19 bits per heavy atom. The summed E-state index contributed by atoms with van der Waals surface area (Å²) in [6.45, 7) is 10.2. The zero-order chi connectivity index (χ0) is 18.4. The Bertz CT molecular complexity index is 560. The molecular formula is C21H34N4O. The first-order chi connectivity index (χ1) is 12.7. The highest BCUT2D eigenvalue weighted by molar-refractivity contribution is 5.76. The average Bonchev–Trinajstić information content (AvgIpc) is 2.65. The van der Waals surface area contributed by atoms with E-state index in [1.807, 2.05) is 23.4 Å². The van der Waals surface area contributed by atoms with E-state index < -0.39 is 0 Å². The molecule has 0 radical (unpaired) electrons. The maximum atomic E-state index is 12.2. The molecule has 1 aromatic rings. The maximum Gasteiger partial charge on any atom is 0.222 e. The van der Waals surface area contributed by atoms with Gasteiger partial charge in [-0.2, -0.15) is 0 Å². The van der Waals surface area contributed by atoms with Crippen LogP contribution in [0, 0.1) is 11.8 Å². The Kier molecular flexibility index (Phi) is 7.03. The summed E-state index contributed by atoms with van der Waals surface area (Å²) in [4.78, 5) is 21.0. The van der Waals surface area contributed by atoms with Gasteiger partial charge in [0.15, 0.2) is 0 Å². The van der Waals surface area contributed by atoms with Gasteiger partial charge in [0, 0.05) is 57.6 Å². The summed E-state index contributed by atoms with van der Waals surface area (Å²) in [7, 11) is 0. The predicted octanol–water partition coefficient (Wildman–Crippen LogP) is 2.53. The van der Waals surface area contributed by atoms with E-state index in [1.54, 1.807) is 0 Å². The molecule has 2 aliphatic heterocycles. The number of rotatable bonds is 8. The van der Waals surface area contributed by atoms with E-state index in [1.165, 1.54) is 18.5 Å². The maximum absolute atomic E-state index is 12.2. The molecule has 1 aromatic heterocycles. The van der Waals surface area contributed by atoms with Crippen molar-refractivity contribution in [2.45, 2.75) is 52.1 Å². The lowest BCUT2D eigenvalue weighted by molar-refractivity contribution is -0.131. The van der Waals surface area contributed by atoms with E-state index >= 15 is 0 Å². The summed E-state index contributed by atoms with van der Waals surface area (Å²) in [5, 5.41) is 3.77. The lowest BCUT2D eigenvalue weighted by atomic mass is 9.79. The van der Waals surface area contributed by atoms with Gasteiger partial charge >= 0.3 is 0 Å². The monoisotopic (exact) mass is 358 g/mol. The van der Waals surface area contributed by atoms with Crippen LogP contribution >= 0.6 is 0 Å². The molecule has 3 heterocycles. The SMILES string of the molecule is CCN(CC)C(=O)CCC[C@H]1NCC2CC1CN(Cc1cccnc1)C2. The van der Waals surface area contributed by atoms with Crippen LogP contribution in [0.2, 0.25) is 0 Å². The zero-order valence-electron chi connectivity index (χ0n) is 16.4. The van der Waals surface area contributed by atoms with E-state index in [0.717, 1.165) is 51.5 Å². The zero-order valence-corrected chi connectivity index (χ0v) is 16.4. The molecule has 5 nitrogen and oxygen atoms in total. The first-order valence-corrected chi connectivity index (χ1v) is 10.3. The van der Waals surface area contributed by atoms with Crippen molar-refractivity contribution < 1.29 is 4.79 Å². The van der Waals surface area contributed by atoms with Crippen molar-refractivity contribution in [3.8, 4) is 0 Å². The molecule has 2 aliphatic rings. The van der Waals surface area contributed by atoms with E-state index in [4.69, 9.17) is 0 Å². The fourth-order valence-corrected chi connectivity index (χ4v) is 4.70. The number of fused-ring (bicyclic) bond motifs is 2. The van der Waals surface area contributed by atoms with Gasteiger partial charge in [-0.05, 0) is 63.1 Å². The number of pyridine rings is 1. The van der Waals surface area contributed by atoms with Crippen molar-refractivity contribution >= 4 is 5.91 Å². The molecule has 2 bridgehead atoms. The Morgan fingerprint density at radius 3 is 2.92 bits per heavy atom. The molecule has 2 fully saturated rings. The van der Waals surface area contributed by atoms with Gasteiger partial charge in [0.2, 0.25) is 5.91 Å². The summed E-state index contributed by atoms with van der Waals surface area (Å²) < 4.78 is 0. The number of nitrogens with zero attached hydrogens (tertiary/aromatic N) is 3. The molecule has 0 saturated carbocycles. The minimum atomic E-state index is 0.311. The van der Waals surface area contributed by atoms with Crippen molar-refractivity contribution in [1.82, 2.24) is 20.1 Å². The van der Waals surface area contributed by atoms with E-state index in [0.29, 0.717) is 24.3 Å². The number of aromatic nitrogens is 1. The summed E-state index contributed by atoms with van der Waals surface area (Å²) in [6.07, 6.45) is 7.97. The minimum absolute atomic E-state index is 0.311. The van der Waals surface area contributed by atoms with Gasteiger partial charge in [0.05, 0.1) is 0 Å². The standard InChI is InChI=1S/C21H34N4O/c1-3-25(4-2)21(26)9-5-8-20-19-11-18(13-23-20)15-24(16-19)14-17-7-6-10-22-12-17/h6-7,10,12,18-20,23H,3-5,8-9,11,13-16H2,1-2H3/t18?,19?,20-/m1/s1. The van der Waals surface area contributed by atoms with E-state index in [-0.39, 0.29) is 0 Å². The van der Waals surface area contributed by atoms with Crippen LogP contribution in [0.15, 0.2) is 24.5 Å². The highest BCUT2D eigenvalue weighted by Gasteiger charge is 2.36. The number of nitrogens with one attached hydrogen (secondary N) is 1. The van der Waals surface area contributed by atoms with Gasteiger partial charge in [-0.1, -0.05) is 6.07 Å². The number of hydrogen-bond acceptors (Lipinski definition) is 4. The van der Waals surface area contributed by atoms with Crippen LogP contribution < -0.4 is 5.32 Å². The normalized spacial score (nSPS) is 25.8. The number of piperidine rings is 2. The largest absolute Gasteiger partial charge is 0.343 e. The van der Waals surface area contributed by atoms with Crippen LogP contribution in [-0.2, 0) is 11.3 Å². The van der Waals surface area contributed by atoms with E-state index in [9.17, 15) is 4.79 Å². The lowest BCUT2D eigenvalue weighted by Crippen LogP contribution is -2.55. The molecule has 0 spiro atoms. The molecule has 2 unspecified atom stereocenters. The average molecular weight is 359 g/mol. The smallest absolute Gasteiger partial charge is 0.222 e.